The van der Waals surface area contributed by atoms with Gasteiger partial charge in [0.05, 0.1) is 22.9 Å². The highest BCUT2D eigenvalue weighted by molar-refractivity contribution is 9.13. The van der Waals surface area contributed by atoms with Crippen molar-refractivity contribution >= 4 is 31.9 Å². The predicted molar refractivity (Wildman–Crippen MR) is 72.0 cm³/mol. The molecular formula is C11H9Br2N3O. The van der Waals surface area contributed by atoms with Crippen molar-refractivity contribution in [2.45, 2.75) is 13.5 Å². The van der Waals surface area contributed by atoms with Gasteiger partial charge in [-0.05, 0) is 50.9 Å². The van der Waals surface area contributed by atoms with E-state index in [1.54, 1.807) is 6.20 Å². The first-order valence-corrected chi connectivity index (χ1v) is 6.50. The Bertz CT molecular complexity index is 610. The van der Waals surface area contributed by atoms with Crippen LogP contribution in [0.5, 0.6) is 0 Å². The van der Waals surface area contributed by atoms with Crippen molar-refractivity contribution in [3.63, 3.8) is 0 Å². The average molecular weight is 359 g/mol. The Morgan fingerprint density at radius 3 is 2.82 bits per heavy atom. The lowest BCUT2D eigenvalue weighted by Gasteiger charge is -2.05. The second-order valence-electron chi connectivity index (χ2n) is 3.54. The Kier molecular flexibility index (Phi) is 3.73. The number of nitrogens with zero attached hydrogens (tertiary/aromatic N) is 3. The number of pyridine rings is 1. The molecule has 2 aromatic rings. The summed E-state index contributed by atoms with van der Waals surface area (Å²) in [4.78, 5) is 16.2. The van der Waals surface area contributed by atoms with Crippen LogP contribution in [-0.4, -0.2) is 14.8 Å². The third-order valence-corrected chi connectivity index (χ3v) is 4.10. The van der Waals surface area contributed by atoms with E-state index in [-0.39, 0.29) is 5.56 Å². The maximum Gasteiger partial charge on any atom is 0.282 e. The molecule has 0 N–H and O–H groups in total. The lowest BCUT2D eigenvalue weighted by atomic mass is 10.3. The molecule has 0 aromatic carbocycles. The summed E-state index contributed by atoms with van der Waals surface area (Å²) in [5.74, 6) is 0. The van der Waals surface area contributed by atoms with Crippen LogP contribution in [0.3, 0.4) is 0 Å². The minimum Gasteiger partial charge on any atom is -0.266 e. The minimum absolute atomic E-state index is 0.178. The zero-order valence-corrected chi connectivity index (χ0v) is 12.2. The molecule has 2 rings (SSSR count). The monoisotopic (exact) mass is 357 g/mol. The topological polar surface area (TPSA) is 47.8 Å². The number of hydrogen-bond donors (Lipinski definition) is 0. The SMILES string of the molecule is Cc1cccc(Cn2ncc(Br)c(Br)c2=O)n1. The van der Waals surface area contributed by atoms with Gasteiger partial charge in [-0.1, -0.05) is 6.07 Å². The third kappa shape index (κ3) is 2.81. The molecule has 0 amide bonds. The zero-order chi connectivity index (χ0) is 12.4. The van der Waals surface area contributed by atoms with E-state index in [0.717, 1.165) is 11.4 Å². The highest BCUT2D eigenvalue weighted by Gasteiger charge is 2.07. The molecule has 0 fully saturated rings. The molecule has 88 valence electrons. The molecule has 0 atom stereocenters. The van der Waals surface area contributed by atoms with E-state index in [0.29, 0.717) is 15.5 Å². The summed E-state index contributed by atoms with van der Waals surface area (Å²) in [6.45, 7) is 2.28. The van der Waals surface area contributed by atoms with Crippen molar-refractivity contribution in [1.82, 2.24) is 14.8 Å². The molecule has 0 saturated carbocycles. The standard InChI is InChI=1S/C11H9Br2N3O/c1-7-3-2-4-8(15-7)6-16-11(17)10(13)9(12)5-14-16/h2-5H,6H2,1H3. The van der Waals surface area contributed by atoms with Gasteiger partial charge in [0.1, 0.15) is 4.47 Å². The Morgan fingerprint density at radius 1 is 1.35 bits per heavy atom. The summed E-state index contributed by atoms with van der Waals surface area (Å²) in [6.07, 6.45) is 1.58. The van der Waals surface area contributed by atoms with E-state index in [2.05, 4.69) is 41.9 Å². The number of aromatic nitrogens is 3. The van der Waals surface area contributed by atoms with Crippen LogP contribution in [0.15, 0.2) is 38.1 Å². The van der Waals surface area contributed by atoms with Crippen LogP contribution in [-0.2, 0) is 6.54 Å². The van der Waals surface area contributed by atoms with Crippen LogP contribution >= 0.6 is 31.9 Å². The second kappa shape index (κ2) is 5.10. The number of halogens is 2. The van der Waals surface area contributed by atoms with Crippen molar-refractivity contribution < 1.29 is 0 Å². The van der Waals surface area contributed by atoms with Crippen LogP contribution in [0.4, 0.5) is 0 Å². The van der Waals surface area contributed by atoms with Gasteiger partial charge in [0.25, 0.3) is 5.56 Å². The number of hydrogen-bond acceptors (Lipinski definition) is 3. The maximum atomic E-state index is 11.9. The first-order valence-electron chi connectivity index (χ1n) is 4.91. The normalized spacial score (nSPS) is 10.5. The van der Waals surface area contributed by atoms with E-state index in [9.17, 15) is 4.79 Å². The first kappa shape index (κ1) is 12.4. The van der Waals surface area contributed by atoms with Crippen molar-refractivity contribution in [1.29, 1.82) is 0 Å². The van der Waals surface area contributed by atoms with E-state index in [1.165, 1.54) is 4.68 Å². The van der Waals surface area contributed by atoms with Crippen LogP contribution in [0.25, 0.3) is 0 Å². The molecule has 0 aliphatic heterocycles. The van der Waals surface area contributed by atoms with Crippen LogP contribution in [0, 0.1) is 6.92 Å². The van der Waals surface area contributed by atoms with Gasteiger partial charge >= 0.3 is 0 Å². The van der Waals surface area contributed by atoms with Crippen LogP contribution in [0.2, 0.25) is 0 Å². The Labute approximate surface area is 115 Å². The summed E-state index contributed by atoms with van der Waals surface area (Å²) in [7, 11) is 0. The van der Waals surface area contributed by atoms with Gasteiger partial charge < -0.3 is 0 Å². The van der Waals surface area contributed by atoms with E-state index >= 15 is 0 Å². The molecule has 4 nitrogen and oxygen atoms in total. The Hall–Kier alpha value is -1.01. The third-order valence-electron chi connectivity index (χ3n) is 2.20. The summed E-state index contributed by atoms with van der Waals surface area (Å²) in [5, 5.41) is 4.05. The fourth-order valence-corrected chi connectivity index (χ4v) is 1.97. The lowest BCUT2D eigenvalue weighted by Crippen LogP contribution is -2.24. The van der Waals surface area contributed by atoms with Crippen molar-refractivity contribution in [2.75, 3.05) is 0 Å². The molecule has 0 bridgehead atoms. The van der Waals surface area contributed by atoms with Crippen molar-refractivity contribution in [2.24, 2.45) is 0 Å². The molecular weight excluding hydrogens is 350 g/mol. The molecule has 0 saturated heterocycles. The average Bonchev–Trinajstić information content (AvgIpc) is 2.30. The van der Waals surface area contributed by atoms with Crippen LogP contribution < -0.4 is 5.56 Å². The van der Waals surface area contributed by atoms with Gasteiger partial charge in [-0.3, -0.25) is 9.78 Å². The number of aryl methyl sites for hydroxylation is 1. The van der Waals surface area contributed by atoms with Crippen molar-refractivity contribution in [3.05, 3.63) is 55.1 Å². The molecule has 2 heterocycles. The fraction of sp³-hybridized carbons (Fsp3) is 0.182. The molecule has 6 heteroatoms. The quantitative estimate of drug-likeness (QED) is 0.828. The second-order valence-corrected chi connectivity index (χ2v) is 5.19. The van der Waals surface area contributed by atoms with Gasteiger partial charge in [0.2, 0.25) is 0 Å². The van der Waals surface area contributed by atoms with Gasteiger partial charge in [-0.15, -0.1) is 0 Å². The molecule has 2 aromatic heterocycles. The first-order chi connectivity index (χ1) is 8.08. The minimum atomic E-state index is -0.178. The molecule has 0 radical (unpaired) electrons. The molecule has 0 spiro atoms. The van der Waals surface area contributed by atoms with Crippen LogP contribution in [0.1, 0.15) is 11.4 Å². The lowest BCUT2D eigenvalue weighted by molar-refractivity contribution is 0.621. The van der Waals surface area contributed by atoms with Gasteiger partial charge in [0, 0.05) is 5.69 Å². The molecule has 17 heavy (non-hydrogen) atoms. The Balaban J connectivity index is 2.37. The molecule has 0 aliphatic rings. The van der Waals surface area contributed by atoms with Crippen molar-refractivity contribution in [3.8, 4) is 0 Å². The van der Waals surface area contributed by atoms with Gasteiger partial charge in [-0.2, -0.15) is 5.10 Å². The summed E-state index contributed by atoms with van der Waals surface area (Å²) < 4.78 is 2.49. The molecule has 0 aliphatic carbocycles. The summed E-state index contributed by atoms with van der Waals surface area (Å²) in [6, 6.07) is 5.70. The maximum absolute atomic E-state index is 11.9. The zero-order valence-electron chi connectivity index (χ0n) is 9.02. The summed E-state index contributed by atoms with van der Waals surface area (Å²) >= 11 is 6.46. The predicted octanol–water partition coefficient (Wildman–Crippen LogP) is 2.52. The largest absolute Gasteiger partial charge is 0.282 e. The Morgan fingerprint density at radius 2 is 2.12 bits per heavy atom. The van der Waals surface area contributed by atoms with Gasteiger partial charge in [-0.25, -0.2) is 4.68 Å². The highest BCUT2D eigenvalue weighted by atomic mass is 79.9. The van der Waals surface area contributed by atoms with E-state index in [4.69, 9.17) is 0 Å². The molecule has 0 unspecified atom stereocenters. The fourth-order valence-electron chi connectivity index (χ4n) is 1.40. The smallest absolute Gasteiger partial charge is 0.266 e. The van der Waals surface area contributed by atoms with E-state index in [1.807, 2.05) is 25.1 Å². The van der Waals surface area contributed by atoms with Gasteiger partial charge in [0.15, 0.2) is 0 Å². The number of rotatable bonds is 2. The highest BCUT2D eigenvalue weighted by Crippen LogP contribution is 2.16. The summed E-state index contributed by atoms with van der Waals surface area (Å²) in [5.41, 5.74) is 1.56. The van der Waals surface area contributed by atoms with E-state index < -0.39 is 0 Å².